The molecule has 3 amide bonds. The number of hydrogen-bond donors (Lipinski definition) is 5. The smallest absolute Gasteiger partial charge is 0.404 e. The van der Waals surface area contributed by atoms with Crippen molar-refractivity contribution in [2.45, 2.75) is 38.8 Å². The summed E-state index contributed by atoms with van der Waals surface area (Å²) in [4.78, 5) is 38.7. The normalized spacial score (nSPS) is 24.4. The molecular weight excluding hydrogens is 412 g/mol. The Morgan fingerprint density at radius 2 is 1.91 bits per heavy atom. The minimum atomic E-state index is -1.13. The largest absolute Gasteiger partial charge is 0.465 e. The van der Waals surface area contributed by atoms with Crippen molar-refractivity contribution in [3.8, 4) is 0 Å². The minimum Gasteiger partial charge on any atom is -0.465 e. The summed E-state index contributed by atoms with van der Waals surface area (Å²) in [7, 11) is 0. The van der Waals surface area contributed by atoms with Gasteiger partial charge in [0.25, 0.3) is 0 Å². The van der Waals surface area contributed by atoms with E-state index in [9.17, 15) is 24.7 Å². The first-order chi connectivity index (χ1) is 15.3. The second-order valence-corrected chi connectivity index (χ2v) is 8.81. The summed E-state index contributed by atoms with van der Waals surface area (Å²) >= 11 is 0. The molecule has 1 aromatic carbocycles. The first-order valence-electron chi connectivity index (χ1n) is 11.0. The number of benzene rings is 1. The second kappa shape index (κ2) is 10.6. The summed E-state index contributed by atoms with van der Waals surface area (Å²) in [6, 6.07) is 8.87. The first-order valence-corrected chi connectivity index (χ1v) is 11.0. The van der Waals surface area contributed by atoms with E-state index in [1.165, 1.54) is 5.57 Å². The molecule has 0 aromatic heterocycles. The lowest BCUT2D eigenvalue weighted by molar-refractivity contribution is -0.144. The van der Waals surface area contributed by atoms with E-state index in [2.05, 4.69) is 10.6 Å². The Labute approximate surface area is 187 Å². The Hall–Kier alpha value is -2.91. The van der Waals surface area contributed by atoms with Gasteiger partial charge in [-0.15, -0.1) is 0 Å². The molecule has 2 unspecified atom stereocenters. The van der Waals surface area contributed by atoms with Crippen molar-refractivity contribution >= 4 is 23.5 Å². The molecule has 32 heavy (non-hydrogen) atoms. The molecule has 9 nitrogen and oxygen atoms in total. The molecule has 174 valence electrons. The van der Waals surface area contributed by atoms with E-state index in [1.54, 1.807) is 10.4 Å². The van der Waals surface area contributed by atoms with Crippen molar-refractivity contribution in [1.29, 1.82) is 0 Å². The van der Waals surface area contributed by atoms with Gasteiger partial charge in [0, 0.05) is 25.7 Å². The van der Waals surface area contributed by atoms with Crippen LogP contribution in [0.5, 0.6) is 0 Å². The summed E-state index contributed by atoms with van der Waals surface area (Å²) < 4.78 is 0. The van der Waals surface area contributed by atoms with E-state index in [0.717, 1.165) is 12.0 Å². The monoisotopic (exact) mass is 444 g/mol. The fraction of sp³-hybridized carbons (Fsp3) is 0.522. The zero-order valence-electron chi connectivity index (χ0n) is 18.5. The van der Waals surface area contributed by atoms with E-state index in [4.69, 9.17) is 0 Å². The Kier molecular flexibility index (Phi) is 7.87. The molecule has 0 spiro atoms. The molecule has 0 bridgehead atoms. The highest BCUT2D eigenvalue weighted by Gasteiger charge is 2.43. The molecule has 0 saturated carbocycles. The number of carbonyl (C=O) groups excluding carboxylic acids is 2. The van der Waals surface area contributed by atoms with Gasteiger partial charge in [-0.1, -0.05) is 50.3 Å². The SMILES string of the molecule is CC(C)C(NC(=O)O)C1CN[C@H](C(=O)N2CC=C(c3ccccc3)CC2)[C@@H](C(=O)NO)C1. The standard InChI is InChI=1S/C23H32N4O5/c1-14(2)19(25-23(30)31)17-12-18(21(28)26-32)20(24-13-17)22(29)27-10-8-16(9-11-27)15-6-4-3-5-7-15/h3-8,14,17-20,24-25,32H,9-13H2,1-2H3,(H,26,28)(H,30,31)/t17?,18-,19?,20-/m0/s1. The predicted molar refractivity (Wildman–Crippen MR) is 119 cm³/mol. The number of rotatable bonds is 6. The van der Waals surface area contributed by atoms with Gasteiger partial charge in [-0.2, -0.15) is 0 Å². The maximum absolute atomic E-state index is 13.3. The van der Waals surface area contributed by atoms with Crippen LogP contribution in [0.3, 0.4) is 0 Å². The highest BCUT2D eigenvalue weighted by atomic mass is 16.5. The van der Waals surface area contributed by atoms with Gasteiger partial charge in [-0.25, -0.2) is 10.3 Å². The van der Waals surface area contributed by atoms with Crippen LogP contribution in [0.2, 0.25) is 0 Å². The molecule has 1 saturated heterocycles. The fourth-order valence-electron chi connectivity index (χ4n) is 4.79. The predicted octanol–water partition coefficient (Wildman–Crippen LogP) is 1.69. The lowest BCUT2D eigenvalue weighted by atomic mass is 9.77. The summed E-state index contributed by atoms with van der Waals surface area (Å²) in [6.45, 7) is 5.21. The van der Waals surface area contributed by atoms with E-state index in [1.807, 2.05) is 50.3 Å². The van der Waals surface area contributed by atoms with Gasteiger partial charge in [0.15, 0.2) is 0 Å². The average Bonchev–Trinajstić information content (AvgIpc) is 2.81. The van der Waals surface area contributed by atoms with Crippen LogP contribution in [0.15, 0.2) is 36.4 Å². The molecule has 0 radical (unpaired) electrons. The summed E-state index contributed by atoms with van der Waals surface area (Å²) in [5.74, 6) is -1.82. The van der Waals surface area contributed by atoms with Gasteiger partial charge in [0.1, 0.15) is 0 Å². The molecule has 1 fully saturated rings. The molecule has 5 N–H and O–H groups in total. The number of piperidine rings is 1. The van der Waals surface area contributed by atoms with Crippen molar-refractivity contribution < 1.29 is 24.7 Å². The van der Waals surface area contributed by atoms with Crippen molar-refractivity contribution in [1.82, 2.24) is 21.0 Å². The molecular formula is C23H32N4O5. The van der Waals surface area contributed by atoms with Crippen LogP contribution >= 0.6 is 0 Å². The zero-order chi connectivity index (χ0) is 23.3. The lowest BCUT2D eigenvalue weighted by Gasteiger charge is -2.41. The average molecular weight is 445 g/mol. The Bertz CT molecular complexity index is 857. The summed E-state index contributed by atoms with van der Waals surface area (Å²) in [5, 5.41) is 24.1. The highest BCUT2D eigenvalue weighted by Crippen LogP contribution is 2.29. The van der Waals surface area contributed by atoms with Crippen LogP contribution in [-0.2, 0) is 9.59 Å². The number of hydroxylamine groups is 1. The van der Waals surface area contributed by atoms with Crippen LogP contribution < -0.4 is 16.1 Å². The first kappa shape index (κ1) is 23.7. The maximum Gasteiger partial charge on any atom is 0.404 e. The lowest BCUT2D eigenvalue weighted by Crippen LogP contribution is -2.61. The molecule has 4 atom stereocenters. The molecule has 9 heteroatoms. The van der Waals surface area contributed by atoms with E-state index in [0.29, 0.717) is 19.6 Å². The van der Waals surface area contributed by atoms with Crippen LogP contribution in [0.4, 0.5) is 4.79 Å². The topological polar surface area (TPSA) is 131 Å². The van der Waals surface area contributed by atoms with Crippen LogP contribution in [-0.4, -0.2) is 64.8 Å². The van der Waals surface area contributed by atoms with Crippen molar-refractivity contribution in [3.63, 3.8) is 0 Å². The molecule has 2 heterocycles. The van der Waals surface area contributed by atoms with Crippen molar-refractivity contribution in [2.75, 3.05) is 19.6 Å². The van der Waals surface area contributed by atoms with Gasteiger partial charge < -0.3 is 20.6 Å². The van der Waals surface area contributed by atoms with Crippen LogP contribution in [0, 0.1) is 17.8 Å². The maximum atomic E-state index is 13.3. The molecule has 1 aromatic rings. The number of nitrogens with zero attached hydrogens (tertiary/aromatic N) is 1. The number of amides is 3. The molecule has 2 aliphatic rings. The van der Waals surface area contributed by atoms with Crippen LogP contribution in [0.25, 0.3) is 5.57 Å². The van der Waals surface area contributed by atoms with Crippen molar-refractivity contribution in [2.24, 2.45) is 17.8 Å². The van der Waals surface area contributed by atoms with E-state index >= 15 is 0 Å². The summed E-state index contributed by atoms with van der Waals surface area (Å²) in [6.07, 6.45) is 1.92. The zero-order valence-corrected chi connectivity index (χ0v) is 18.5. The number of hydrogen-bond acceptors (Lipinski definition) is 5. The van der Waals surface area contributed by atoms with Gasteiger partial charge in [0.2, 0.25) is 11.8 Å². The third-order valence-corrected chi connectivity index (χ3v) is 6.45. The van der Waals surface area contributed by atoms with Crippen molar-refractivity contribution in [3.05, 3.63) is 42.0 Å². The molecule has 3 rings (SSSR count). The van der Waals surface area contributed by atoms with Gasteiger partial charge >= 0.3 is 6.09 Å². The quantitative estimate of drug-likeness (QED) is 0.335. The Morgan fingerprint density at radius 1 is 1.19 bits per heavy atom. The Balaban J connectivity index is 1.71. The van der Waals surface area contributed by atoms with E-state index < -0.39 is 24.0 Å². The van der Waals surface area contributed by atoms with Gasteiger partial charge in [0.05, 0.1) is 12.0 Å². The molecule has 0 aliphatic carbocycles. The number of nitrogens with one attached hydrogen (secondary N) is 3. The fourth-order valence-corrected chi connectivity index (χ4v) is 4.79. The van der Waals surface area contributed by atoms with Gasteiger partial charge in [-0.3, -0.25) is 14.8 Å². The van der Waals surface area contributed by atoms with Crippen LogP contribution in [0.1, 0.15) is 32.3 Å². The van der Waals surface area contributed by atoms with Gasteiger partial charge in [-0.05, 0) is 35.8 Å². The Morgan fingerprint density at radius 3 is 2.47 bits per heavy atom. The number of carboxylic acid groups (broad SMARTS) is 1. The third kappa shape index (κ3) is 5.46. The van der Waals surface area contributed by atoms with E-state index in [-0.39, 0.29) is 30.2 Å². The third-order valence-electron chi connectivity index (χ3n) is 6.45. The second-order valence-electron chi connectivity index (χ2n) is 8.81. The highest BCUT2D eigenvalue weighted by molar-refractivity contribution is 5.90. The summed E-state index contributed by atoms with van der Waals surface area (Å²) in [5.41, 5.74) is 4.01. The minimum absolute atomic E-state index is 0.00614. The molecule has 2 aliphatic heterocycles. The number of carbonyl (C=O) groups is 3.